The Labute approximate surface area is 87.2 Å². The zero-order chi connectivity index (χ0) is 11.6. The number of rotatable bonds is 3. The van der Waals surface area contributed by atoms with Crippen LogP contribution in [-0.4, -0.2) is 16.2 Å². The largest absolute Gasteiger partial charge is 0.507 e. The Balaban J connectivity index is 3.17. The summed E-state index contributed by atoms with van der Waals surface area (Å²) in [5.74, 6) is -1.33. The zero-order valence-electron chi connectivity index (χ0n) is 8.62. The summed E-state index contributed by atoms with van der Waals surface area (Å²) in [6.07, 6.45) is -0.310. The Kier molecular flexibility index (Phi) is 2.98. The van der Waals surface area contributed by atoms with Crippen molar-refractivity contribution in [2.45, 2.75) is 25.9 Å². The van der Waals surface area contributed by atoms with Crippen molar-refractivity contribution in [3.05, 3.63) is 29.3 Å². The Morgan fingerprint density at radius 2 is 2.07 bits per heavy atom. The first-order chi connectivity index (χ1) is 6.82. The van der Waals surface area contributed by atoms with E-state index in [0.29, 0.717) is 0 Å². The van der Waals surface area contributed by atoms with Crippen LogP contribution in [0.15, 0.2) is 18.2 Å². The quantitative estimate of drug-likeness (QED) is 0.807. The highest BCUT2D eigenvalue weighted by Gasteiger charge is 2.24. The van der Waals surface area contributed by atoms with Gasteiger partial charge in [0.15, 0.2) is 0 Å². The summed E-state index contributed by atoms with van der Waals surface area (Å²) in [6, 6.07) is 4.45. The van der Waals surface area contributed by atoms with Crippen LogP contribution in [-0.2, 0) is 16.9 Å². The number of carboxylic acid groups (broad SMARTS) is 1. The molecule has 0 aliphatic rings. The maximum Gasteiger partial charge on any atom is 0.307 e. The number of para-hydroxylation sites is 1. The van der Waals surface area contributed by atoms with Gasteiger partial charge in [-0.05, 0) is 13.8 Å². The van der Waals surface area contributed by atoms with Gasteiger partial charge in [-0.1, -0.05) is 18.2 Å². The second-order valence-electron chi connectivity index (χ2n) is 3.86. The maximum absolute atomic E-state index is 13.6. The summed E-state index contributed by atoms with van der Waals surface area (Å²) in [4.78, 5) is 10.5. The molecule has 1 aromatic carbocycles. The van der Waals surface area contributed by atoms with Crippen molar-refractivity contribution in [3.63, 3.8) is 0 Å². The van der Waals surface area contributed by atoms with Gasteiger partial charge >= 0.3 is 5.97 Å². The van der Waals surface area contributed by atoms with Gasteiger partial charge in [-0.25, -0.2) is 4.39 Å². The number of alkyl halides is 1. The Bertz CT molecular complexity index is 380. The van der Waals surface area contributed by atoms with E-state index in [4.69, 9.17) is 5.11 Å². The first kappa shape index (κ1) is 11.5. The lowest BCUT2D eigenvalue weighted by atomic mass is 9.95. The van der Waals surface area contributed by atoms with Crippen molar-refractivity contribution in [1.82, 2.24) is 0 Å². The average Bonchev–Trinajstić information content (AvgIpc) is 2.05. The molecule has 0 fully saturated rings. The van der Waals surface area contributed by atoms with Crippen LogP contribution in [0.5, 0.6) is 5.75 Å². The van der Waals surface area contributed by atoms with Crippen LogP contribution < -0.4 is 0 Å². The molecule has 4 heteroatoms. The molecule has 1 rings (SSSR count). The van der Waals surface area contributed by atoms with E-state index in [1.807, 2.05) is 0 Å². The summed E-state index contributed by atoms with van der Waals surface area (Å²) >= 11 is 0. The summed E-state index contributed by atoms with van der Waals surface area (Å²) in [5, 5.41) is 18.3. The van der Waals surface area contributed by atoms with Crippen molar-refractivity contribution in [2.24, 2.45) is 0 Å². The van der Waals surface area contributed by atoms with Crippen LogP contribution in [0.4, 0.5) is 4.39 Å². The number of phenolic OH excluding ortho intramolecular Hbond substituents is 1. The zero-order valence-corrected chi connectivity index (χ0v) is 8.62. The third-order valence-corrected chi connectivity index (χ3v) is 2.10. The Morgan fingerprint density at radius 3 is 2.53 bits per heavy atom. The molecule has 0 radical (unpaired) electrons. The third-order valence-electron chi connectivity index (χ3n) is 2.10. The van der Waals surface area contributed by atoms with Gasteiger partial charge in [0.25, 0.3) is 0 Å². The van der Waals surface area contributed by atoms with E-state index in [-0.39, 0.29) is 23.3 Å². The summed E-state index contributed by atoms with van der Waals surface area (Å²) in [6.45, 7) is 2.62. The summed E-state index contributed by atoms with van der Waals surface area (Å²) in [5.41, 5.74) is -1.34. The van der Waals surface area contributed by atoms with Gasteiger partial charge in [-0.2, -0.15) is 0 Å². The predicted octanol–water partition coefficient (Wildman–Crippen LogP) is 2.22. The smallest absolute Gasteiger partial charge is 0.307 e. The molecule has 0 saturated carbocycles. The highest BCUT2D eigenvalue weighted by Crippen LogP contribution is 2.34. The van der Waals surface area contributed by atoms with E-state index >= 15 is 0 Å². The lowest BCUT2D eigenvalue weighted by Crippen LogP contribution is -2.11. The van der Waals surface area contributed by atoms with E-state index < -0.39 is 11.6 Å². The fraction of sp³-hybridized carbons (Fsp3) is 0.364. The van der Waals surface area contributed by atoms with Gasteiger partial charge in [0.05, 0.1) is 6.42 Å². The second kappa shape index (κ2) is 3.88. The van der Waals surface area contributed by atoms with Crippen LogP contribution in [0.25, 0.3) is 0 Å². The topological polar surface area (TPSA) is 57.5 Å². The van der Waals surface area contributed by atoms with Crippen molar-refractivity contribution in [2.75, 3.05) is 0 Å². The third kappa shape index (κ3) is 2.68. The number of phenols is 1. The van der Waals surface area contributed by atoms with Gasteiger partial charge in [0.2, 0.25) is 0 Å². The fourth-order valence-corrected chi connectivity index (χ4v) is 1.38. The molecule has 0 aliphatic heterocycles. The molecule has 0 spiro atoms. The lowest BCUT2D eigenvalue weighted by molar-refractivity contribution is -0.136. The molecule has 3 nitrogen and oxygen atoms in total. The van der Waals surface area contributed by atoms with Gasteiger partial charge in [-0.3, -0.25) is 4.79 Å². The molecule has 0 aromatic heterocycles. The van der Waals surface area contributed by atoms with E-state index in [9.17, 15) is 14.3 Å². The molecule has 0 atom stereocenters. The van der Waals surface area contributed by atoms with Crippen molar-refractivity contribution in [3.8, 4) is 5.75 Å². The highest BCUT2D eigenvalue weighted by molar-refractivity contribution is 5.71. The van der Waals surface area contributed by atoms with Gasteiger partial charge in [-0.15, -0.1) is 0 Å². The monoisotopic (exact) mass is 212 g/mol. The number of hydrogen-bond acceptors (Lipinski definition) is 2. The number of carbonyl (C=O) groups is 1. The van der Waals surface area contributed by atoms with Crippen LogP contribution in [0.3, 0.4) is 0 Å². The van der Waals surface area contributed by atoms with Gasteiger partial charge < -0.3 is 10.2 Å². The normalized spacial score (nSPS) is 11.4. The number of carboxylic acids is 1. The molecule has 0 aliphatic carbocycles. The second-order valence-corrected chi connectivity index (χ2v) is 3.86. The van der Waals surface area contributed by atoms with E-state index in [0.717, 1.165) is 0 Å². The molecular weight excluding hydrogens is 199 g/mol. The van der Waals surface area contributed by atoms with E-state index in [1.165, 1.54) is 32.0 Å². The Hall–Kier alpha value is -1.58. The minimum absolute atomic E-state index is 0.112. The molecule has 15 heavy (non-hydrogen) atoms. The lowest BCUT2D eigenvalue weighted by Gasteiger charge is -2.17. The molecular formula is C11H13FO3. The molecule has 0 heterocycles. The summed E-state index contributed by atoms with van der Waals surface area (Å²) < 4.78 is 13.6. The van der Waals surface area contributed by atoms with E-state index in [1.54, 1.807) is 0 Å². The molecule has 0 saturated heterocycles. The fourth-order valence-electron chi connectivity index (χ4n) is 1.38. The van der Waals surface area contributed by atoms with E-state index in [2.05, 4.69) is 0 Å². The minimum atomic E-state index is -1.68. The van der Waals surface area contributed by atoms with Crippen molar-refractivity contribution >= 4 is 5.97 Å². The SMILES string of the molecule is CC(C)(F)c1cccc(CC(=O)O)c1O. The van der Waals surface area contributed by atoms with Crippen LogP contribution in [0, 0.1) is 0 Å². The van der Waals surface area contributed by atoms with Crippen LogP contribution >= 0.6 is 0 Å². The maximum atomic E-state index is 13.6. The number of halogens is 1. The molecule has 0 amide bonds. The number of benzene rings is 1. The van der Waals surface area contributed by atoms with Crippen LogP contribution in [0.1, 0.15) is 25.0 Å². The first-order valence-electron chi connectivity index (χ1n) is 4.54. The summed E-state index contributed by atoms with van der Waals surface area (Å²) in [7, 11) is 0. The number of hydrogen-bond donors (Lipinski definition) is 2. The molecule has 2 N–H and O–H groups in total. The average molecular weight is 212 g/mol. The number of aliphatic carboxylic acids is 1. The van der Waals surface area contributed by atoms with Crippen molar-refractivity contribution in [1.29, 1.82) is 0 Å². The number of aromatic hydroxyl groups is 1. The molecule has 0 bridgehead atoms. The molecule has 1 aromatic rings. The van der Waals surface area contributed by atoms with Gasteiger partial charge in [0.1, 0.15) is 11.4 Å². The minimum Gasteiger partial charge on any atom is -0.507 e. The molecule has 0 unspecified atom stereocenters. The van der Waals surface area contributed by atoms with Crippen LogP contribution in [0.2, 0.25) is 0 Å². The Morgan fingerprint density at radius 1 is 1.47 bits per heavy atom. The highest BCUT2D eigenvalue weighted by atomic mass is 19.1. The van der Waals surface area contributed by atoms with Gasteiger partial charge in [0, 0.05) is 11.1 Å². The molecule has 82 valence electrons. The van der Waals surface area contributed by atoms with Crippen molar-refractivity contribution < 1.29 is 19.4 Å². The predicted molar refractivity (Wildman–Crippen MR) is 53.6 cm³/mol. The first-order valence-corrected chi connectivity index (χ1v) is 4.54. The standard InChI is InChI=1S/C11H13FO3/c1-11(2,12)8-5-3-4-7(10(8)15)6-9(13)14/h3-5,15H,6H2,1-2H3,(H,13,14).